The summed E-state index contributed by atoms with van der Waals surface area (Å²) in [6.07, 6.45) is 7.38. The summed E-state index contributed by atoms with van der Waals surface area (Å²) in [5.74, 6) is 3.82. The number of ether oxygens (including phenoxy) is 1. The average Bonchev–Trinajstić information content (AvgIpc) is 2.47. The minimum atomic E-state index is -0.393. The Morgan fingerprint density at radius 3 is 2.28 bits per heavy atom. The molecule has 4 saturated carbocycles. The molecule has 1 amide bonds. The van der Waals surface area contributed by atoms with Crippen LogP contribution in [0.4, 0.5) is 0 Å². The topological polar surface area (TPSA) is 59.8 Å². The van der Waals surface area contributed by atoms with Crippen LogP contribution in [-0.2, 0) is 4.79 Å². The summed E-state index contributed by atoms with van der Waals surface area (Å²) in [6, 6.07) is 3.10. The number of amides is 1. The standard InChI is InChI=1S/C20H25NO4/c1-12-2-16(6-18(22)24-12)25-17-10-21(11-17)19(23)20-7-13-3-14(8-20)5-15(4-13)9-20/h2,6,13-15,17H,3-5,7-11H2,1H3. The van der Waals surface area contributed by atoms with Crippen LogP contribution in [0.25, 0.3) is 0 Å². The molecule has 1 aromatic rings. The maximum absolute atomic E-state index is 13.2. The summed E-state index contributed by atoms with van der Waals surface area (Å²) < 4.78 is 10.8. The Kier molecular flexibility index (Phi) is 3.32. The molecule has 0 atom stereocenters. The lowest BCUT2D eigenvalue weighted by Gasteiger charge is -2.57. The highest BCUT2D eigenvalue weighted by Gasteiger charge is 2.56. The normalized spacial score (nSPS) is 36.4. The Hall–Kier alpha value is -1.78. The van der Waals surface area contributed by atoms with Gasteiger partial charge in [0.15, 0.2) is 0 Å². The summed E-state index contributed by atoms with van der Waals surface area (Å²) in [5, 5.41) is 0. The summed E-state index contributed by atoms with van der Waals surface area (Å²) >= 11 is 0. The second-order valence-corrected chi connectivity index (χ2v) is 8.87. The van der Waals surface area contributed by atoms with E-state index in [1.54, 1.807) is 13.0 Å². The Morgan fingerprint density at radius 2 is 1.72 bits per heavy atom. The molecule has 0 N–H and O–H groups in total. The smallest absolute Gasteiger partial charge is 0.339 e. The van der Waals surface area contributed by atoms with Gasteiger partial charge >= 0.3 is 5.63 Å². The number of carbonyl (C=O) groups is 1. The van der Waals surface area contributed by atoms with Crippen molar-refractivity contribution >= 4 is 5.91 Å². The van der Waals surface area contributed by atoms with Gasteiger partial charge in [-0.3, -0.25) is 4.79 Å². The molecule has 4 aliphatic carbocycles. The van der Waals surface area contributed by atoms with E-state index in [1.165, 1.54) is 25.3 Å². The van der Waals surface area contributed by atoms with Crippen LogP contribution in [0.3, 0.4) is 0 Å². The van der Waals surface area contributed by atoms with Crippen LogP contribution in [0, 0.1) is 30.1 Å². The van der Waals surface area contributed by atoms with Crippen LogP contribution < -0.4 is 10.4 Å². The zero-order chi connectivity index (χ0) is 17.2. The molecule has 1 saturated heterocycles. The van der Waals surface area contributed by atoms with E-state index >= 15 is 0 Å². The number of nitrogens with zero attached hydrogens (tertiary/aromatic N) is 1. The van der Waals surface area contributed by atoms with Crippen LogP contribution in [0.1, 0.15) is 44.3 Å². The molecule has 5 nitrogen and oxygen atoms in total. The highest BCUT2D eigenvalue weighted by Crippen LogP contribution is 2.60. The first-order valence-electron chi connectivity index (χ1n) is 9.57. The fourth-order valence-corrected chi connectivity index (χ4v) is 6.22. The highest BCUT2D eigenvalue weighted by atomic mass is 16.5. The Morgan fingerprint density at radius 1 is 1.12 bits per heavy atom. The third-order valence-electron chi connectivity index (χ3n) is 6.80. The molecule has 134 valence electrons. The SMILES string of the molecule is Cc1cc(OC2CN(C(=O)C34CC5CC(CC(C5)C3)C4)C2)cc(=O)o1. The van der Waals surface area contributed by atoms with Gasteiger partial charge in [0.2, 0.25) is 5.91 Å². The van der Waals surface area contributed by atoms with Gasteiger partial charge in [-0.1, -0.05) is 0 Å². The maximum Gasteiger partial charge on any atom is 0.339 e. The number of hydrogen-bond acceptors (Lipinski definition) is 4. The lowest BCUT2D eigenvalue weighted by Crippen LogP contribution is -2.62. The molecule has 0 unspecified atom stereocenters. The fraction of sp³-hybridized carbons (Fsp3) is 0.700. The molecule has 2 heterocycles. The third kappa shape index (κ3) is 2.59. The van der Waals surface area contributed by atoms with Gasteiger partial charge in [0.1, 0.15) is 17.6 Å². The van der Waals surface area contributed by atoms with Crippen molar-refractivity contribution in [3.63, 3.8) is 0 Å². The quantitative estimate of drug-likeness (QED) is 0.847. The van der Waals surface area contributed by atoms with Gasteiger partial charge in [-0.15, -0.1) is 0 Å². The van der Waals surface area contributed by atoms with Gasteiger partial charge in [-0.05, 0) is 63.2 Å². The monoisotopic (exact) mass is 343 g/mol. The Balaban J connectivity index is 1.23. The molecule has 0 aromatic carbocycles. The van der Waals surface area contributed by atoms with E-state index in [2.05, 4.69) is 0 Å². The van der Waals surface area contributed by atoms with E-state index in [4.69, 9.17) is 9.15 Å². The average molecular weight is 343 g/mol. The fourth-order valence-electron chi connectivity index (χ4n) is 6.22. The number of rotatable bonds is 3. The summed E-state index contributed by atoms with van der Waals surface area (Å²) in [5.41, 5.74) is -0.458. The number of carbonyl (C=O) groups excluding carboxylic acids is 1. The van der Waals surface area contributed by atoms with E-state index in [-0.39, 0.29) is 11.5 Å². The van der Waals surface area contributed by atoms with E-state index in [0.717, 1.165) is 37.0 Å². The van der Waals surface area contributed by atoms with Crippen molar-refractivity contribution in [3.05, 3.63) is 28.3 Å². The lowest BCUT2D eigenvalue weighted by atomic mass is 9.49. The van der Waals surface area contributed by atoms with E-state index in [0.29, 0.717) is 30.5 Å². The van der Waals surface area contributed by atoms with Crippen molar-refractivity contribution in [3.8, 4) is 5.75 Å². The molecule has 6 rings (SSSR count). The van der Waals surface area contributed by atoms with Gasteiger partial charge in [-0.2, -0.15) is 0 Å². The van der Waals surface area contributed by atoms with Gasteiger partial charge in [0, 0.05) is 6.07 Å². The largest absolute Gasteiger partial charge is 0.486 e. The minimum absolute atomic E-state index is 0.0148. The van der Waals surface area contributed by atoms with Crippen molar-refractivity contribution in [1.29, 1.82) is 0 Å². The van der Waals surface area contributed by atoms with Crippen molar-refractivity contribution in [2.45, 2.75) is 51.6 Å². The predicted octanol–water partition coefficient (Wildman–Crippen LogP) is 2.75. The molecule has 25 heavy (non-hydrogen) atoms. The third-order valence-corrected chi connectivity index (χ3v) is 6.80. The first-order valence-corrected chi connectivity index (χ1v) is 9.57. The summed E-state index contributed by atoms with van der Waals surface area (Å²) in [7, 11) is 0. The summed E-state index contributed by atoms with van der Waals surface area (Å²) in [6.45, 7) is 3.01. The molecule has 5 heteroatoms. The molecule has 5 aliphatic rings. The van der Waals surface area contributed by atoms with Crippen molar-refractivity contribution in [1.82, 2.24) is 4.90 Å². The van der Waals surface area contributed by atoms with Gasteiger partial charge in [0.25, 0.3) is 0 Å². The van der Waals surface area contributed by atoms with Gasteiger partial charge in [0.05, 0.1) is 24.6 Å². The molecule has 4 bridgehead atoms. The van der Waals surface area contributed by atoms with Crippen LogP contribution in [-0.4, -0.2) is 30.0 Å². The molecule has 1 aliphatic heterocycles. The van der Waals surface area contributed by atoms with Gasteiger partial charge < -0.3 is 14.1 Å². The minimum Gasteiger partial charge on any atom is -0.486 e. The van der Waals surface area contributed by atoms with Crippen molar-refractivity contribution < 1.29 is 13.9 Å². The molecule has 0 spiro atoms. The van der Waals surface area contributed by atoms with E-state index < -0.39 is 5.63 Å². The molecule has 5 fully saturated rings. The van der Waals surface area contributed by atoms with Crippen molar-refractivity contribution in [2.24, 2.45) is 23.2 Å². The Labute approximate surface area is 147 Å². The van der Waals surface area contributed by atoms with Crippen molar-refractivity contribution in [2.75, 3.05) is 13.1 Å². The van der Waals surface area contributed by atoms with Crippen LogP contribution in [0.15, 0.2) is 21.3 Å². The van der Waals surface area contributed by atoms with E-state index in [9.17, 15) is 9.59 Å². The lowest BCUT2D eigenvalue weighted by molar-refractivity contribution is -0.166. The molecular weight excluding hydrogens is 318 g/mol. The van der Waals surface area contributed by atoms with Crippen LogP contribution >= 0.6 is 0 Å². The zero-order valence-corrected chi connectivity index (χ0v) is 14.7. The molecular formula is C20H25NO4. The zero-order valence-electron chi connectivity index (χ0n) is 14.7. The van der Waals surface area contributed by atoms with Gasteiger partial charge in [-0.25, -0.2) is 4.79 Å². The highest BCUT2D eigenvalue weighted by molar-refractivity contribution is 5.84. The second kappa shape index (κ2) is 5.36. The Bertz CT molecular complexity index is 726. The molecule has 1 aromatic heterocycles. The molecule has 0 radical (unpaired) electrons. The van der Waals surface area contributed by atoms with Crippen LogP contribution in [0.2, 0.25) is 0 Å². The summed E-state index contributed by atoms with van der Waals surface area (Å²) in [4.78, 5) is 26.6. The van der Waals surface area contributed by atoms with Crippen LogP contribution in [0.5, 0.6) is 5.75 Å². The first kappa shape index (κ1) is 15.5. The van der Waals surface area contributed by atoms with E-state index in [1.807, 2.05) is 4.90 Å². The second-order valence-electron chi connectivity index (χ2n) is 8.87. The predicted molar refractivity (Wildman–Crippen MR) is 91.3 cm³/mol. The maximum atomic E-state index is 13.2. The number of hydrogen-bond donors (Lipinski definition) is 0. The number of likely N-dealkylation sites (tertiary alicyclic amines) is 1. The first-order chi connectivity index (χ1) is 12.0. The number of aryl methyl sites for hydroxylation is 1.